The first kappa shape index (κ1) is 22.0. The Balaban J connectivity index is 1.27. The van der Waals surface area contributed by atoms with Crippen LogP contribution in [0.5, 0.6) is 0 Å². The van der Waals surface area contributed by atoms with Crippen molar-refractivity contribution < 1.29 is 18.0 Å². The molecular formula is C25H24F3N3O. The van der Waals surface area contributed by atoms with Crippen molar-refractivity contribution in [3.63, 3.8) is 0 Å². The molecule has 4 rings (SSSR count). The van der Waals surface area contributed by atoms with Crippen LogP contribution in [0.1, 0.15) is 48.1 Å². The number of aromatic nitrogens is 2. The number of alkyl halides is 3. The first-order valence-corrected chi connectivity index (χ1v) is 10.8. The summed E-state index contributed by atoms with van der Waals surface area (Å²) in [7, 11) is 0. The monoisotopic (exact) mass is 439 g/mol. The van der Waals surface area contributed by atoms with E-state index in [1.165, 1.54) is 23.9 Å². The predicted octanol–water partition coefficient (Wildman–Crippen LogP) is 6.00. The summed E-state index contributed by atoms with van der Waals surface area (Å²) in [6.07, 6.45) is 5.37. The molecule has 0 spiro atoms. The van der Waals surface area contributed by atoms with Crippen LogP contribution in [0.3, 0.4) is 0 Å². The molecule has 0 saturated carbocycles. The molecule has 32 heavy (non-hydrogen) atoms. The zero-order chi connectivity index (χ0) is 22.6. The SMILES string of the molecule is O=C(C=Cc1cnc2cc(C(F)(F)F)ccc2c1)CCCCc1ccc2c(n1)NCCC2. The van der Waals surface area contributed by atoms with Crippen LogP contribution < -0.4 is 5.32 Å². The highest BCUT2D eigenvalue weighted by Crippen LogP contribution is 2.31. The summed E-state index contributed by atoms with van der Waals surface area (Å²) in [5.74, 6) is 1.00. The van der Waals surface area contributed by atoms with E-state index in [4.69, 9.17) is 0 Å². The van der Waals surface area contributed by atoms with E-state index in [0.717, 1.165) is 62.3 Å². The van der Waals surface area contributed by atoms with Gasteiger partial charge in [-0.05, 0) is 79.6 Å². The van der Waals surface area contributed by atoms with Crippen LogP contribution in [0, 0.1) is 0 Å². The standard InChI is InChI=1S/C25H24F3N3O/c26-25(27,28)20-10-8-19-14-17(16-30-23(19)15-20)7-12-22(32)6-2-1-5-21-11-9-18-4-3-13-29-24(18)31-21/h7-12,14-16H,1-6,13H2,(H,29,31). The number of nitrogens with one attached hydrogen (secondary N) is 1. The summed E-state index contributed by atoms with van der Waals surface area (Å²) in [4.78, 5) is 20.9. The molecule has 0 unspecified atom stereocenters. The third-order valence-electron chi connectivity index (χ3n) is 5.55. The van der Waals surface area contributed by atoms with Crippen LogP contribution in [0.4, 0.5) is 19.0 Å². The Kier molecular flexibility index (Phi) is 6.53. The van der Waals surface area contributed by atoms with Gasteiger partial charge < -0.3 is 5.32 Å². The number of fused-ring (bicyclic) bond motifs is 2. The molecule has 7 heteroatoms. The van der Waals surface area contributed by atoms with Gasteiger partial charge in [0.25, 0.3) is 0 Å². The largest absolute Gasteiger partial charge is 0.416 e. The minimum atomic E-state index is -4.40. The molecule has 0 bridgehead atoms. The van der Waals surface area contributed by atoms with E-state index in [-0.39, 0.29) is 11.3 Å². The van der Waals surface area contributed by atoms with Gasteiger partial charge in [0.1, 0.15) is 5.82 Å². The van der Waals surface area contributed by atoms with Crippen molar-refractivity contribution in [2.24, 2.45) is 0 Å². The predicted molar refractivity (Wildman–Crippen MR) is 119 cm³/mol. The number of benzene rings is 1. The van der Waals surface area contributed by atoms with E-state index in [9.17, 15) is 18.0 Å². The molecule has 1 aliphatic heterocycles. The average molecular weight is 439 g/mol. The molecule has 0 fully saturated rings. The number of rotatable bonds is 7. The number of aryl methyl sites for hydroxylation is 2. The lowest BCUT2D eigenvalue weighted by Crippen LogP contribution is -2.14. The van der Waals surface area contributed by atoms with Gasteiger partial charge in [0.15, 0.2) is 5.78 Å². The van der Waals surface area contributed by atoms with Crippen LogP contribution >= 0.6 is 0 Å². The van der Waals surface area contributed by atoms with Crippen molar-refractivity contribution in [3.8, 4) is 0 Å². The molecule has 1 aliphatic rings. The second-order valence-corrected chi connectivity index (χ2v) is 8.02. The fourth-order valence-electron chi connectivity index (χ4n) is 3.79. The van der Waals surface area contributed by atoms with E-state index in [0.29, 0.717) is 17.4 Å². The fourth-order valence-corrected chi connectivity index (χ4v) is 3.79. The zero-order valence-electron chi connectivity index (χ0n) is 17.6. The quantitative estimate of drug-likeness (QED) is 0.362. The number of halogens is 3. The van der Waals surface area contributed by atoms with E-state index in [1.54, 1.807) is 12.1 Å². The minimum absolute atomic E-state index is 0.0117. The third kappa shape index (κ3) is 5.52. The van der Waals surface area contributed by atoms with Gasteiger partial charge >= 0.3 is 6.18 Å². The van der Waals surface area contributed by atoms with Crippen molar-refractivity contribution in [1.29, 1.82) is 0 Å². The van der Waals surface area contributed by atoms with Gasteiger partial charge in [-0.1, -0.05) is 12.1 Å². The van der Waals surface area contributed by atoms with Gasteiger partial charge in [0.2, 0.25) is 0 Å². The third-order valence-corrected chi connectivity index (χ3v) is 5.55. The Bertz CT molecular complexity index is 1150. The van der Waals surface area contributed by atoms with Crippen molar-refractivity contribution >= 4 is 28.6 Å². The van der Waals surface area contributed by atoms with Crippen molar-refractivity contribution in [2.75, 3.05) is 11.9 Å². The normalized spacial score (nSPS) is 13.8. The van der Waals surface area contributed by atoms with Crippen molar-refractivity contribution in [3.05, 3.63) is 71.1 Å². The molecule has 166 valence electrons. The maximum atomic E-state index is 12.8. The van der Waals surface area contributed by atoms with E-state index >= 15 is 0 Å². The highest BCUT2D eigenvalue weighted by Gasteiger charge is 2.30. The summed E-state index contributed by atoms with van der Waals surface area (Å²) < 4.78 is 38.4. The molecule has 2 aromatic heterocycles. The second-order valence-electron chi connectivity index (χ2n) is 8.02. The summed E-state index contributed by atoms with van der Waals surface area (Å²) in [6.45, 7) is 0.964. The van der Waals surface area contributed by atoms with Gasteiger partial charge in [-0.15, -0.1) is 0 Å². The highest BCUT2D eigenvalue weighted by molar-refractivity contribution is 5.94. The lowest BCUT2D eigenvalue weighted by Gasteiger charge is -2.17. The number of hydrogen-bond acceptors (Lipinski definition) is 4. The van der Waals surface area contributed by atoms with Crippen molar-refractivity contribution in [2.45, 2.75) is 44.7 Å². The number of carbonyl (C=O) groups is 1. The molecular weight excluding hydrogens is 415 g/mol. The lowest BCUT2D eigenvalue weighted by molar-refractivity contribution is -0.137. The molecule has 0 amide bonds. The number of nitrogens with zero attached hydrogens (tertiary/aromatic N) is 2. The molecule has 0 atom stereocenters. The zero-order valence-corrected chi connectivity index (χ0v) is 17.6. The van der Waals surface area contributed by atoms with Crippen LogP contribution in [0.2, 0.25) is 0 Å². The van der Waals surface area contributed by atoms with Gasteiger partial charge in [-0.2, -0.15) is 13.2 Å². The molecule has 0 aliphatic carbocycles. The molecule has 3 aromatic rings. The lowest BCUT2D eigenvalue weighted by atomic mass is 10.0. The molecule has 3 heterocycles. The topological polar surface area (TPSA) is 54.9 Å². The number of allylic oxidation sites excluding steroid dienone is 1. The summed E-state index contributed by atoms with van der Waals surface area (Å²) in [5, 5.41) is 3.93. The van der Waals surface area contributed by atoms with Crippen molar-refractivity contribution in [1.82, 2.24) is 9.97 Å². The Hall–Kier alpha value is -3.22. The van der Waals surface area contributed by atoms with Crippen LogP contribution in [0.25, 0.3) is 17.0 Å². The highest BCUT2D eigenvalue weighted by atomic mass is 19.4. The van der Waals surface area contributed by atoms with E-state index in [2.05, 4.69) is 27.4 Å². The molecule has 0 saturated heterocycles. The molecule has 1 N–H and O–H groups in total. The Morgan fingerprint density at radius 2 is 2.00 bits per heavy atom. The Morgan fingerprint density at radius 1 is 1.12 bits per heavy atom. The number of ketones is 1. The average Bonchev–Trinajstić information content (AvgIpc) is 2.79. The van der Waals surface area contributed by atoms with Crippen LogP contribution in [-0.4, -0.2) is 22.3 Å². The number of pyridine rings is 2. The maximum Gasteiger partial charge on any atom is 0.416 e. The minimum Gasteiger partial charge on any atom is -0.370 e. The number of hydrogen-bond donors (Lipinski definition) is 1. The number of unbranched alkanes of at least 4 members (excludes halogenated alkanes) is 1. The fraction of sp³-hybridized carbons (Fsp3) is 0.320. The van der Waals surface area contributed by atoms with Gasteiger partial charge in [-0.3, -0.25) is 9.78 Å². The first-order chi connectivity index (χ1) is 15.4. The first-order valence-electron chi connectivity index (χ1n) is 10.8. The van der Waals surface area contributed by atoms with Gasteiger partial charge in [0.05, 0.1) is 11.1 Å². The smallest absolute Gasteiger partial charge is 0.370 e. The Morgan fingerprint density at radius 3 is 2.84 bits per heavy atom. The number of anilines is 1. The van der Waals surface area contributed by atoms with Crippen LogP contribution in [-0.2, 0) is 23.8 Å². The Labute approximate surface area is 184 Å². The number of carbonyl (C=O) groups excluding carboxylic acids is 1. The van der Waals surface area contributed by atoms with Gasteiger partial charge in [0, 0.05) is 30.2 Å². The molecule has 1 aromatic carbocycles. The van der Waals surface area contributed by atoms with Crippen LogP contribution in [0.15, 0.2) is 48.7 Å². The summed E-state index contributed by atoms with van der Waals surface area (Å²) >= 11 is 0. The molecule has 4 nitrogen and oxygen atoms in total. The molecule has 0 radical (unpaired) electrons. The van der Waals surface area contributed by atoms with E-state index in [1.807, 2.05) is 0 Å². The summed E-state index contributed by atoms with van der Waals surface area (Å²) in [6, 6.07) is 9.39. The second kappa shape index (κ2) is 9.51. The summed E-state index contributed by atoms with van der Waals surface area (Å²) in [5.41, 5.74) is 2.53. The maximum absolute atomic E-state index is 12.8. The van der Waals surface area contributed by atoms with Gasteiger partial charge in [-0.25, -0.2) is 4.98 Å². The van der Waals surface area contributed by atoms with E-state index < -0.39 is 11.7 Å².